The van der Waals surface area contributed by atoms with Crippen LogP contribution in [0.5, 0.6) is 11.6 Å². The largest absolute Gasteiger partial charge is 0.437 e. The molecule has 2 bridgehead atoms. The molecule has 0 spiro atoms. The van der Waals surface area contributed by atoms with Gasteiger partial charge in [-0.15, -0.1) is 0 Å². The van der Waals surface area contributed by atoms with Crippen molar-refractivity contribution in [2.24, 2.45) is 0 Å². The van der Waals surface area contributed by atoms with E-state index in [4.69, 9.17) is 4.74 Å². The summed E-state index contributed by atoms with van der Waals surface area (Å²) in [5.74, 6) is 0.0576. The number of hydrogen-bond acceptors (Lipinski definition) is 4. The molecule has 1 aromatic carbocycles. The Bertz CT molecular complexity index is 833. The third-order valence-corrected chi connectivity index (χ3v) is 5.66. The highest BCUT2D eigenvalue weighted by Gasteiger charge is 2.43. The number of carbonyl (C=O) groups is 1. The van der Waals surface area contributed by atoms with Crippen LogP contribution in [0.25, 0.3) is 0 Å². The maximum absolute atomic E-state index is 13.3. The number of fused-ring (bicyclic) bond motifs is 2. The summed E-state index contributed by atoms with van der Waals surface area (Å²) in [4.78, 5) is 19.2. The molecule has 0 aliphatic carbocycles. The first-order valence-electron chi connectivity index (χ1n) is 8.61. The molecule has 1 N–H and O–H groups in total. The van der Waals surface area contributed by atoms with Gasteiger partial charge in [-0.3, -0.25) is 4.79 Å². The van der Waals surface area contributed by atoms with Crippen molar-refractivity contribution in [3.8, 4) is 11.6 Å². The second-order valence-corrected chi connectivity index (χ2v) is 7.61. The van der Waals surface area contributed by atoms with E-state index in [1.54, 1.807) is 18.3 Å². The summed E-state index contributed by atoms with van der Waals surface area (Å²) < 4.78 is 19.5. The van der Waals surface area contributed by atoms with E-state index in [1.807, 2.05) is 4.90 Å². The number of amides is 1. The van der Waals surface area contributed by atoms with Gasteiger partial charge in [-0.1, -0.05) is 0 Å². The van der Waals surface area contributed by atoms with Crippen LogP contribution < -0.4 is 4.74 Å². The quantitative estimate of drug-likeness (QED) is 0.817. The Morgan fingerprint density at radius 1 is 1.27 bits per heavy atom. The summed E-state index contributed by atoms with van der Waals surface area (Å²) in [7, 11) is 0. The number of ether oxygens (including phenoxy) is 1. The number of benzene rings is 1. The van der Waals surface area contributed by atoms with Gasteiger partial charge in [0.25, 0.3) is 5.91 Å². The zero-order chi connectivity index (χ0) is 18.3. The van der Waals surface area contributed by atoms with Gasteiger partial charge in [0.05, 0.1) is 10.6 Å². The van der Waals surface area contributed by atoms with Gasteiger partial charge >= 0.3 is 0 Å². The molecule has 3 heterocycles. The van der Waals surface area contributed by atoms with Crippen molar-refractivity contribution < 1.29 is 19.0 Å². The highest BCUT2D eigenvalue weighted by molar-refractivity contribution is 9.10. The number of carbonyl (C=O) groups excluding carboxylic acids is 1. The van der Waals surface area contributed by atoms with Crippen molar-refractivity contribution in [3.05, 3.63) is 52.4 Å². The zero-order valence-corrected chi connectivity index (χ0v) is 15.5. The number of halogens is 2. The van der Waals surface area contributed by atoms with Crippen LogP contribution in [0.3, 0.4) is 0 Å². The molecule has 2 aliphatic heterocycles. The first-order valence-corrected chi connectivity index (χ1v) is 9.41. The number of aliphatic hydroxyl groups is 1. The van der Waals surface area contributed by atoms with Crippen LogP contribution in [0.15, 0.2) is 41.0 Å². The van der Waals surface area contributed by atoms with E-state index < -0.39 is 0 Å². The van der Waals surface area contributed by atoms with Crippen molar-refractivity contribution in [1.29, 1.82) is 0 Å². The fourth-order valence-electron chi connectivity index (χ4n) is 3.92. The number of aromatic nitrogens is 1. The summed E-state index contributed by atoms with van der Waals surface area (Å²) in [6, 6.07) is 7.57. The molecule has 2 fully saturated rings. The van der Waals surface area contributed by atoms with E-state index in [1.165, 1.54) is 18.2 Å². The molecule has 2 atom stereocenters. The maximum Gasteiger partial charge on any atom is 0.259 e. The number of hydrogen-bond donors (Lipinski definition) is 1. The smallest absolute Gasteiger partial charge is 0.259 e. The molecule has 2 aliphatic rings. The average Bonchev–Trinajstić information content (AvgIpc) is 2.88. The van der Waals surface area contributed by atoms with E-state index in [2.05, 4.69) is 20.9 Å². The monoisotopic (exact) mass is 420 g/mol. The Balaban J connectivity index is 1.63. The van der Waals surface area contributed by atoms with Gasteiger partial charge in [0.1, 0.15) is 17.1 Å². The third kappa shape index (κ3) is 3.21. The summed E-state index contributed by atoms with van der Waals surface area (Å²) in [6.07, 6.45) is 4.26. The summed E-state index contributed by atoms with van der Waals surface area (Å²) >= 11 is 3.26. The molecular formula is C19H18BrFN2O3. The number of rotatable bonds is 3. The number of nitrogens with zero attached hydrogens (tertiary/aromatic N) is 2. The van der Waals surface area contributed by atoms with Crippen molar-refractivity contribution in [1.82, 2.24) is 9.88 Å². The van der Waals surface area contributed by atoms with Gasteiger partial charge in [0, 0.05) is 18.3 Å². The minimum atomic E-state index is -0.384. The lowest BCUT2D eigenvalue weighted by atomic mass is 9.99. The molecule has 0 radical (unpaired) electrons. The van der Waals surface area contributed by atoms with Gasteiger partial charge < -0.3 is 14.7 Å². The van der Waals surface area contributed by atoms with Crippen LogP contribution >= 0.6 is 15.9 Å². The number of pyridine rings is 1. The molecular weight excluding hydrogens is 403 g/mol. The van der Waals surface area contributed by atoms with Crippen LogP contribution in [0.2, 0.25) is 0 Å². The van der Waals surface area contributed by atoms with Crippen LogP contribution in [0.4, 0.5) is 4.39 Å². The lowest BCUT2D eigenvalue weighted by molar-refractivity contribution is 0.0285. The average molecular weight is 421 g/mol. The van der Waals surface area contributed by atoms with Crippen LogP contribution in [0.1, 0.15) is 36.0 Å². The lowest BCUT2D eigenvalue weighted by Crippen LogP contribution is -2.48. The highest BCUT2D eigenvalue weighted by Crippen LogP contribution is 2.38. The molecule has 1 amide bonds. The van der Waals surface area contributed by atoms with Crippen molar-refractivity contribution in [3.63, 3.8) is 0 Å². The maximum atomic E-state index is 13.3. The van der Waals surface area contributed by atoms with Crippen molar-refractivity contribution in [2.45, 2.75) is 43.9 Å². The predicted molar refractivity (Wildman–Crippen MR) is 96.6 cm³/mol. The van der Waals surface area contributed by atoms with Crippen LogP contribution in [-0.2, 0) is 0 Å². The second-order valence-electron chi connectivity index (χ2n) is 6.76. The topological polar surface area (TPSA) is 62.7 Å². The molecule has 4 rings (SSSR count). The number of piperidine rings is 1. The molecule has 5 nitrogen and oxygen atoms in total. The molecule has 7 heteroatoms. The van der Waals surface area contributed by atoms with E-state index in [0.717, 1.165) is 12.8 Å². The molecule has 2 saturated heterocycles. The Hall–Kier alpha value is -1.99. The standard InChI is InChI=1S/C19H18BrFN2O3/c20-16-8-11(21)3-6-17(16)26-18-15(2-1-7-22-18)19(25)23-12-4-5-13(23)10-14(24)9-12/h1-3,6-8,12-14,24H,4-5,9-10H2/t12-,13-/m0/s1. The Kier molecular flexibility index (Phi) is 4.67. The van der Waals surface area contributed by atoms with Crippen molar-refractivity contribution >= 4 is 21.8 Å². The van der Waals surface area contributed by atoms with Gasteiger partial charge in [-0.2, -0.15) is 0 Å². The van der Waals surface area contributed by atoms with E-state index >= 15 is 0 Å². The Morgan fingerprint density at radius 3 is 2.69 bits per heavy atom. The molecule has 1 aromatic heterocycles. The van der Waals surface area contributed by atoms with Crippen LogP contribution in [0, 0.1) is 5.82 Å². The highest BCUT2D eigenvalue weighted by atomic mass is 79.9. The molecule has 0 saturated carbocycles. The third-order valence-electron chi connectivity index (χ3n) is 5.04. The summed E-state index contributed by atoms with van der Waals surface area (Å²) in [5.41, 5.74) is 0.372. The minimum Gasteiger partial charge on any atom is -0.437 e. The molecule has 26 heavy (non-hydrogen) atoms. The Labute approximate surface area is 158 Å². The molecule has 136 valence electrons. The minimum absolute atomic E-state index is 0.0573. The summed E-state index contributed by atoms with van der Waals surface area (Å²) in [5, 5.41) is 9.95. The fraction of sp³-hybridized carbons (Fsp3) is 0.368. The molecule has 2 aromatic rings. The number of aliphatic hydroxyl groups excluding tert-OH is 1. The van der Waals surface area contributed by atoms with Crippen LogP contribution in [-0.4, -0.2) is 39.1 Å². The second kappa shape index (κ2) is 6.96. The van der Waals surface area contributed by atoms with Crippen molar-refractivity contribution in [2.75, 3.05) is 0 Å². The normalized spacial score (nSPS) is 24.6. The van der Waals surface area contributed by atoms with E-state index in [-0.39, 0.29) is 35.8 Å². The SMILES string of the molecule is O=C(c1cccnc1Oc1ccc(F)cc1Br)N1[C@H]2CC[C@H]1CC(O)C2. The van der Waals surface area contributed by atoms with Gasteiger partial charge in [0.2, 0.25) is 5.88 Å². The zero-order valence-electron chi connectivity index (χ0n) is 13.9. The molecule has 0 unspecified atom stereocenters. The first kappa shape index (κ1) is 17.4. The van der Waals surface area contributed by atoms with Gasteiger partial charge in [0.15, 0.2) is 0 Å². The summed E-state index contributed by atoms with van der Waals surface area (Å²) in [6.45, 7) is 0. The predicted octanol–water partition coefficient (Wildman–Crippen LogP) is 3.90. The van der Waals surface area contributed by atoms with Gasteiger partial charge in [-0.25, -0.2) is 9.37 Å². The van der Waals surface area contributed by atoms with E-state index in [9.17, 15) is 14.3 Å². The fourth-order valence-corrected chi connectivity index (χ4v) is 4.35. The lowest BCUT2D eigenvalue weighted by Gasteiger charge is -2.37. The Morgan fingerprint density at radius 2 is 2.00 bits per heavy atom. The van der Waals surface area contributed by atoms with E-state index in [0.29, 0.717) is 28.6 Å². The van der Waals surface area contributed by atoms with Gasteiger partial charge in [-0.05, 0) is 71.9 Å². The first-order chi connectivity index (χ1) is 12.5.